The van der Waals surface area contributed by atoms with E-state index >= 15 is 0 Å². The number of rotatable bonds is 10. The van der Waals surface area contributed by atoms with E-state index in [2.05, 4.69) is 16.0 Å². The molecule has 218 valence electrons. The minimum atomic E-state index is -1.32. The number of carbonyl (C=O) groups is 4. The molecule has 0 aliphatic rings. The summed E-state index contributed by atoms with van der Waals surface area (Å²) in [7, 11) is 0. The summed E-state index contributed by atoms with van der Waals surface area (Å²) < 4.78 is 0. The van der Waals surface area contributed by atoms with Crippen LogP contribution in [0, 0.1) is 0 Å². The van der Waals surface area contributed by atoms with Gasteiger partial charge >= 0.3 is 5.97 Å². The second-order valence-corrected chi connectivity index (χ2v) is 11.0. The Bertz CT molecular complexity index is 1710. The van der Waals surface area contributed by atoms with Gasteiger partial charge in [-0.2, -0.15) is 0 Å². The number of aromatic carboxylic acids is 1. The number of carboxylic acids is 1. The molecule has 0 aliphatic carbocycles. The third kappa shape index (κ3) is 8.48. The molecule has 11 heteroatoms. The van der Waals surface area contributed by atoms with Gasteiger partial charge in [-0.05, 0) is 73.2 Å². The Hall–Kier alpha value is -5.06. The summed E-state index contributed by atoms with van der Waals surface area (Å²) in [5.74, 6) is -3.17. The van der Waals surface area contributed by atoms with E-state index in [9.17, 15) is 29.4 Å². The van der Waals surface area contributed by atoms with E-state index in [1.54, 1.807) is 85.8 Å². The van der Waals surface area contributed by atoms with Crippen LogP contribution in [0.4, 0.5) is 11.4 Å². The average Bonchev–Trinajstić information content (AvgIpc) is 2.99. The molecule has 9 nitrogen and oxygen atoms in total. The van der Waals surface area contributed by atoms with Gasteiger partial charge in [0.1, 0.15) is 17.0 Å². The molecule has 4 rings (SSSR count). The molecule has 0 saturated carbocycles. The molecule has 4 aromatic carbocycles. The second kappa shape index (κ2) is 14.2. The number of thioether (sulfide) groups is 1. The van der Waals surface area contributed by atoms with Gasteiger partial charge in [-0.3, -0.25) is 14.4 Å². The predicted octanol–water partition coefficient (Wildman–Crippen LogP) is 6.27. The number of carbonyl (C=O) groups excluding carboxylic acids is 3. The molecule has 0 fully saturated rings. The number of nitrogens with one attached hydrogen (secondary N) is 3. The van der Waals surface area contributed by atoms with Gasteiger partial charge in [-0.25, -0.2) is 4.79 Å². The minimum Gasteiger partial charge on any atom is -0.507 e. The fourth-order valence-corrected chi connectivity index (χ4v) is 4.94. The molecule has 0 radical (unpaired) electrons. The van der Waals surface area contributed by atoms with Crippen molar-refractivity contribution in [3.63, 3.8) is 0 Å². The van der Waals surface area contributed by atoms with Gasteiger partial charge < -0.3 is 26.2 Å². The van der Waals surface area contributed by atoms with Crippen molar-refractivity contribution in [2.24, 2.45) is 0 Å². The molecule has 0 aromatic heterocycles. The Balaban J connectivity index is 1.48. The first kappa shape index (κ1) is 30.9. The first-order chi connectivity index (χ1) is 20.6. The zero-order valence-electron chi connectivity index (χ0n) is 22.7. The van der Waals surface area contributed by atoms with E-state index < -0.39 is 34.7 Å². The molecule has 0 bridgehead atoms. The standard InChI is InChI=1S/C32H26ClN3O6S/c1-19(29(38)34-23-14-15-28(37)25(18-23)32(41)42)43-24-12-7-11-22(17-24)35-31(40)27(16-21-10-5-6-13-26(21)33)36-30(39)20-8-3-2-4-9-20/h2-19,37H,1H3,(H,34,38)(H,35,40)(H,36,39)(H,41,42)/b27-16+. The molecule has 1 atom stereocenters. The smallest absolute Gasteiger partial charge is 0.339 e. The van der Waals surface area contributed by atoms with E-state index in [0.717, 1.165) is 0 Å². The summed E-state index contributed by atoms with van der Waals surface area (Å²) in [6.07, 6.45) is 1.49. The number of anilines is 2. The topological polar surface area (TPSA) is 145 Å². The van der Waals surface area contributed by atoms with Gasteiger partial charge in [-0.15, -0.1) is 11.8 Å². The van der Waals surface area contributed by atoms with Crippen LogP contribution in [0.5, 0.6) is 5.75 Å². The lowest BCUT2D eigenvalue weighted by atomic mass is 10.1. The zero-order chi connectivity index (χ0) is 30.9. The lowest BCUT2D eigenvalue weighted by Gasteiger charge is -2.14. The molecular formula is C32H26ClN3O6S. The van der Waals surface area contributed by atoms with Gasteiger partial charge in [0.2, 0.25) is 5.91 Å². The van der Waals surface area contributed by atoms with Crippen molar-refractivity contribution in [3.05, 3.63) is 124 Å². The van der Waals surface area contributed by atoms with Gasteiger partial charge in [-0.1, -0.05) is 54.1 Å². The average molecular weight is 616 g/mol. The van der Waals surface area contributed by atoms with Crippen LogP contribution >= 0.6 is 23.4 Å². The van der Waals surface area contributed by atoms with Crippen molar-refractivity contribution >= 4 is 64.5 Å². The van der Waals surface area contributed by atoms with Crippen molar-refractivity contribution in [1.29, 1.82) is 0 Å². The molecule has 0 spiro atoms. The summed E-state index contributed by atoms with van der Waals surface area (Å²) in [5, 5.41) is 26.8. The SMILES string of the molecule is CC(Sc1cccc(NC(=O)/C(=C\c2ccccc2Cl)NC(=O)c2ccccc2)c1)C(=O)Nc1ccc(O)c(C(=O)O)c1. The molecule has 0 saturated heterocycles. The highest BCUT2D eigenvalue weighted by molar-refractivity contribution is 8.00. The third-order valence-electron chi connectivity index (χ3n) is 6.00. The second-order valence-electron chi connectivity index (χ2n) is 9.17. The number of hydrogen-bond donors (Lipinski definition) is 5. The van der Waals surface area contributed by atoms with Crippen LogP contribution in [0.1, 0.15) is 33.2 Å². The van der Waals surface area contributed by atoms with Crippen LogP contribution in [0.3, 0.4) is 0 Å². The van der Waals surface area contributed by atoms with E-state index in [0.29, 0.717) is 26.7 Å². The van der Waals surface area contributed by atoms with Crippen molar-refractivity contribution in [2.75, 3.05) is 10.6 Å². The Kier molecular flexibility index (Phi) is 10.2. The predicted molar refractivity (Wildman–Crippen MR) is 167 cm³/mol. The summed E-state index contributed by atoms with van der Waals surface area (Å²) >= 11 is 7.52. The number of phenols is 1. The lowest BCUT2D eigenvalue weighted by Crippen LogP contribution is -2.30. The Labute approximate surface area is 256 Å². The monoisotopic (exact) mass is 615 g/mol. The fraction of sp³-hybridized carbons (Fsp3) is 0.0625. The Morgan fingerprint density at radius 1 is 0.837 bits per heavy atom. The van der Waals surface area contributed by atoms with Gasteiger partial charge in [0.25, 0.3) is 11.8 Å². The summed E-state index contributed by atoms with van der Waals surface area (Å²) in [5.41, 5.74) is 1.20. The van der Waals surface area contributed by atoms with Crippen molar-refractivity contribution in [2.45, 2.75) is 17.1 Å². The highest BCUT2D eigenvalue weighted by atomic mass is 35.5. The van der Waals surface area contributed by atoms with E-state index in [1.807, 2.05) is 0 Å². The summed E-state index contributed by atoms with van der Waals surface area (Å²) in [4.78, 5) is 51.0. The molecule has 43 heavy (non-hydrogen) atoms. The number of hydrogen-bond acceptors (Lipinski definition) is 6. The van der Waals surface area contributed by atoms with Gasteiger partial charge in [0.05, 0.1) is 5.25 Å². The molecule has 3 amide bonds. The first-order valence-electron chi connectivity index (χ1n) is 12.9. The van der Waals surface area contributed by atoms with Crippen LogP contribution in [0.2, 0.25) is 5.02 Å². The van der Waals surface area contributed by atoms with Crippen LogP contribution in [0.25, 0.3) is 6.08 Å². The van der Waals surface area contributed by atoms with Crippen LogP contribution < -0.4 is 16.0 Å². The van der Waals surface area contributed by atoms with Crippen LogP contribution in [-0.4, -0.2) is 39.2 Å². The zero-order valence-corrected chi connectivity index (χ0v) is 24.3. The Morgan fingerprint density at radius 3 is 2.26 bits per heavy atom. The maximum Gasteiger partial charge on any atom is 0.339 e. The molecular weight excluding hydrogens is 590 g/mol. The van der Waals surface area contributed by atoms with Crippen molar-refractivity contribution in [3.8, 4) is 5.75 Å². The van der Waals surface area contributed by atoms with E-state index in [-0.39, 0.29) is 16.9 Å². The lowest BCUT2D eigenvalue weighted by molar-refractivity contribution is -0.115. The summed E-state index contributed by atoms with van der Waals surface area (Å²) in [6.45, 7) is 1.67. The highest BCUT2D eigenvalue weighted by Crippen LogP contribution is 2.28. The van der Waals surface area contributed by atoms with Gasteiger partial charge in [0, 0.05) is 26.9 Å². The number of aromatic hydroxyl groups is 1. The van der Waals surface area contributed by atoms with Crippen LogP contribution in [0.15, 0.2) is 108 Å². The number of carboxylic acid groups (broad SMARTS) is 1. The normalized spacial score (nSPS) is 11.7. The van der Waals surface area contributed by atoms with Crippen molar-refractivity contribution in [1.82, 2.24) is 5.32 Å². The third-order valence-corrected chi connectivity index (χ3v) is 7.44. The molecule has 4 aromatic rings. The number of halogens is 1. The minimum absolute atomic E-state index is 0.0256. The number of benzene rings is 4. The van der Waals surface area contributed by atoms with Crippen molar-refractivity contribution < 1.29 is 29.4 Å². The molecule has 5 N–H and O–H groups in total. The first-order valence-corrected chi connectivity index (χ1v) is 14.1. The molecule has 0 heterocycles. The maximum absolute atomic E-state index is 13.4. The molecule has 0 aliphatic heterocycles. The van der Waals surface area contributed by atoms with Gasteiger partial charge in [0.15, 0.2) is 0 Å². The fourth-order valence-electron chi connectivity index (χ4n) is 3.82. The maximum atomic E-state index is 13.4. The van der Waals surface area contributed by atoms with E-state index in [4.69, 9.17) is 11.6 Å². The van der Waals surface area contributed by atoms with E-state index in [1.165, 1.54) is 36.0 Å². The van der Waals surface area contributed by atoms with Crippen LogP contribution in [-0.2, 0) is 9.59 Å². The summed E-state index contributed by atoms with van der Waals surface area (Å²) in [6, 6.07) is 26.0. The largest absolute Gasteiger partial charge is 0.507 e. The highest BCUT2D eigenvalue weighted by Gasteiger charge is 2.19. The number of amides is 3. The Morgan fingerprint density at radius 2 is 1.53 bits per heavy atom. The quantitative estimate of drug-likeness (QED) is 0.0803. The molecule has 1 unspecified atom stereocenters.